The van der Waals surface area contributed by atoms with Crippen LogP contribution in [0.25, 0.3) is 6.08 Å². The van der Waals surface area contributed by atoms with Crippen molar-refractivity contribution in [2.45, 2.75) is 31.0 Å². The van der Waals surface area contributed by atoms with Gasteiger partial charge in [0.25, 0.3) is 11.8 Å². The van der Waals surface area contributed by atoms with Crippen molar-refractivity contribution in [2.24, 2.45) is 4.99 Å². The van der Waals surface area contributed by atoms with Crippen LogP contribution < -0.4 is 5.32 Å². The summed E-state index contributed by atoms with van der Waals surface area (Å²) in [4.78, 5) is 45.5. The maximum absolute atomic E-state index is 14.7. The number of halogens is 3. The van der Waals surface area contributed by atoms with Crippen LogP contribution in [0, 0.1) is 17.5 Å². The molecule has 1 aliphatic carbocycles. The quantitative estimate of drug-likeness (QED) is 0.473. The number of imide groups is 1. The van der Waals surface area contributed by atoms with E-state index in [0.717, 1.165) is 34.9 Å². The summed E-state index contributed by atoms with van der Waals surface area (Å²) < 4.78 is 43.1. The van der Waals surface area contributed by atoms with Gasteiger partial charge in [-0.1, -0.05) is 42.5 Å². The Morgan fingerprint density at radius 3 is 2.34 bits per heavy atom. The lowest BCUT2D eigenvalue weighted by Gasteiger charge is -2.32. The highest BCUT2D eigenvalue weighted by molar-refractivity contribution is 6.46. The van der Waals surface area contributed by atoms with Gasteiger partial charge in [-0.25, -0.2) is 23.0 Å². The monoisotopic (exact) mass is 558 g/mol. The molecule has 2 aliphatic heterocycles. The average molecular weight is 559 g/mol. The van der Waals surface area contributed by atoms with Crippen LogP contribution in [0.3, 0.4) is 0 Å². The molecule has 7 nitrogen and oxygen atoms in total. The first-order valence-electron chi connectivity index (χ1n) is 13.0. The molecule has 2 atom stereocenters. The van der Waals surface area contributed by atoms with Gasteiger partial charge in [0.05, 0.1) is 0 Å². The zero-order valence-electron chi connectivity index (χ0n) is 22.2. The summed E-state index contributed by atoms with van der Waals surface area (Å²) in [5.41, 5.74) is 0.237. The van der Waals surface area contributed by atoms with Crippen LogP contribution in [0.15, 0.2) is 71.7 Å². The standard InChI is InChI=1S/C31H25F3N4O3/c1-30(21-13-22(32)15-23(33)14-21)36-26(24-7-3-4-8-25(24)34)27(39)38(30)11-5-6-18-9-10-19-16-31(17-20(19)12-18)28(40)35-29(41)37(31)2/h3-10,12-15H,11,16-17H2,1-2H3,(H,35,40,41)/b6-5+/t30-,31?/m1/s1. The molecule has 0 bridgehead atoms. The number of likely N-dealkylation sites (N-methyl/N-ethyl adjacent to an activating group) is 1. The van der Waals surface area contributed by atoms with E-state index in [1.807, 2.05) is 18.2 Å². The van der Waals surface area contributed by atoms with Gasteiger partial charge >= 0.3 is 6.03 Å². The zero-order chi connectivity index (χ0) is 29.1. The summed E-state index contributed by atoms with van der Waals surface area (Å²) in [6.07, 6.45) is 4.30. The largest absolute Gasteiger partial charge is 0.324 e. The molecule has 6 rings (SSSR count). The lowest BCUT2D eigenvalue weighted by Crippen LogP contribution is -2.48. The fraction of sp³-hybridized carbons (Fsp3) is 0.226. The van der Waals surface area contributed by atoms with E-state index in [4.69, 9.17) is 0 Å². The lowest BCUT2D eigenvalue weighted by molar-refractivity contribution is -0.127. The Bertz CT molecular complexity index is 1680. The number of nitrogens with one attached hydrogen (secondary N) is 1. The Balaban J connectivity index is 1.29. The van der Waals surface area contributed by atoms with Gasteiger partial charge in [0.1, 0.15) is 28.7 Å². The molecule has 2 heterocycles. The molecule has 0 radical (unpaired) electrons. The smallest absolute Gasteiger partial charge is 0.312 e. The van der Waals surface area contributed by atoms with Crippen molar-refractivity contribution < 1.29 is 27.6 Å². The number of urea groups is 1. The molecular weight excluding hydrogens is 533 g/mol. The van der Waals surface area contributed by atoms with Crippen molar-refractivity contribution in [1.82, 2.24) is 15.1 Å². The van der Waals surface area contributed by atoms with Crippen LogP contribution in [-0.4, -0.2) is 52.5 Å². The number of nitrogens with zero attached hydrogens (tertiary/aromatic N) is 3. The predicted molar refractivity (Wildman–Crippen MR) is 145 cm³/mol. The molecule has 0 aromatic heterocycles. The molecule has 41 heavy (non-hydrogen) atoms. The maximum atomic E-state index is 14.7. The number of amides is 4. The number of hydrogen-bond acceptors (Lipinski definition) is 4. The van der Waals surface area contributed by atoms with Crippen molar-refractivity contribution in [1.29, 1.82) is 0 Å². The molecule has 1 fully saturated rings. The number of benzene rings is 3. The minimum atomic E-state index is -1.50. The van der Waals surface area contributed by atoms with Gasteiger partial charge in [0.15, 0.2) is 5.66 Å². The Labute approximate surface area is 234 Å². The number of hydrogen-bond donors (Lipinski definition) is 1. The molecule has 1 N–H and O–H groups in total. The molecule has 3 aliphatic rings. The fourth-order valence-corrected chi connectivity index (χ4v) is 5.90. The number of fused-ring (bicyclic) bond motifs is 1. The van der Waals surface area contributed by atoms with Crippen molar-refractivity contribution in [3.63, 3.8) is 0 Å². The van der Waals surface area contributed by atoms with Crippen molar-refractivity contribution in [3.8, 4) is 0 Å². The van der Waals surface area contributed by atoms with Crippen LogP contribution in [0.5, 0.6) is 0 Å². The van der Waals surface area contributed by atoms with Gasteiger partial charge in [0.2, 0.25) is 0 Å². The number of carbonyl (C=O) groups is 3. The third-order valence-electron chi connectivity index (χ3n) is 8.23. The Morgan fingerprint density at radius 1 is 0.951 bits per heavy atom. The topological polar surface area (TPSA) is 82.1 Å². The molecular formula is C31H25F3N4O3. The van der Waals surface area contributed by atoms with Crippen molar-refractivity contribution >= 4 is 29.6 Å². The third kappa shape index (κ3) is 4.21. The Kier molecular flexibility index (Phi) is 6.09. The van der Waals surface area contributed by atoms with Crippen LogP contribution in [-0.2, 0) is 28.1 Å². The van der Waals surface area contributed by atoms with Gasteiger partial charge in [-0.3, -0.25) is 14.9 Å². The summed E-state index contributed by atoms with van der Waals surface area (Å²) >= 11 is 0. The molecule has 1 saturated heterocycles. The second-order valence-electron chi connectivity index (χ2n) is 10.7. The van der Waals surface area contributed by atoms with E-state index in [1.54, 1.807) is 32.2 Å². The minimum absolute atomic E-state index is 0.000898. The SMILES string of the molecule is CN1C(=O)NC(=O)C12Cc1ccc(/C=C/CN3C(=O)C(c4ccccc4F)=N[C@@]3(C)c3cc(F)cc(F)c3)cc1C2. The zero-order valence-corrected chi connectivity index (χ0v) is 22.2. The lowest BCUT2D eigenvalue weighted by atomic mass is 9.95. The van der Waals surface area contributed by atoms with Gasteiger partial charge in [-0.15, -0.1) is 0 Å². The van der Waals surface area contributed by atoms with E-state index in [0.29, 0.717) is 12.8 Å². The first kappa shape index (κ1) is 26.5. The third-order valence-corrected chi connectivity index (χ3v) is 8.23. The predicted octanol–water partition coefficient (Wildman–Crippen LogP) is 4.34. The summed E-state index contributed by atoms with van der Waals surface area (Å²) in [6, 6.07) is 14.0. The van der Waals surface area contributed by atoms with Crippen molar-refractivity contribution in [2.75, 3.05) is 13.6 Å². The van der Waals surface area contributed by atoms with E-state index in [-0.39, 0.29) is 29.3 Å². The van der Waals surface area contributed by atoms with E-state index in [9.17, 15) is 27.6 Å². The Morgan fingerprint density at radius 2 is 1.66 bits per heavy atom. The Hall–Kier alpha value is -4.73. The van der Waals surface area contributed by atoms with Gasteiger partial charge in [-0.05, 0) is 47.9 Å². The van der Waals surface area contributed by atoms with Crippen LogP contribution in [0.4, 0.5) is 18.0 Å². The maximum Gasteiger partial charge on any atom is 0.324 e. The highest BCUT2D eigenvalue weighted by Crippen LogP contribution is 2.39. The number of aliphatic imine (C=N–C) groups is 1. The fourth-order valence-electron chi connectivity index (χ4n) is 5.90. The molecule has 1 unspecified atom stereocenters. The van der Waals surface area contributed by atoms with Crippen LogP contribution in [0.1, 0.15) is 34.7 Å². The highest BCUT2D eigenvalue weighted by atomic mass is 19.1. The molecule has 0 saturated carbocycles. The second kappa shape index (κ2) is 9.43. The summed E-state index contributed by atoms with van der Waals surface area (Å²) in [7, 11) is 1.61. The van der Waals surface area contributed by atoms with Crippen molar-refractivity contribution in [3.05, 3.63) is 112 Å². The van der Waals surface area contributed by atoms with E-state index in [1.165, 1.54) is 28.0 Å². The first-order valence-corrected chi connectivity index (χ1v) is 13.0. The summed E-state index contributed by atoms with van der Waals surface area (Å²) in [5.74, 6) is -3.17. The summed E-state index contributed by atoms with van der Waals surface area (Å²) in [6.45, 7) is 1.57. The number of carbonyl (C=O) groups excluding carboxylic acids is 3. The molecule has 208 valence electrons. The number of rotatable bonds is 5. The average Bonchev–Trinajstić information content (AvgIpc) is 3.51. The van der Waals surface area contributed by atoms with E-state index in [2.05, 4.69) is 10.3 Å². The summed E-state index contributed by atoms with van der Waals surface area (Å²) in [5, 5.41) is 2.38. The molecule has 3 aromatic rings. The normalized spacial score (nSPS) is 23.6. The minimum Gasteiger partial charge on any atom is -0.312 e. The van der Waals surface area contributed by atoms with E-state index >= 15 is 0 Å². The van der Waals surface area contributed by atoms with Crippen LogP contribution in [0.2, 0.25) is 0 Å². The molecule has 3 aromatic carbocycles. The molecule has 4 amide bonds. The van der Waals surface area contributed by atoms with Gasteiger partial charge in [-0.2, -0.15) is 0 Å². The van der Waals surface area contributed by atoms with Gasteiger partial charge in [0, 0.05) is 43.6 Å². The highest BCUT2D eigenvalue weighted by Gasteiger charge is 2.54. The van der Waals surface area contributed by atoms with Crippen LogP contribution >= 0.6 is 0 Å². The van der Waals surface area contributed by atoms with E-state index < -0.39 is 40.6 Å². The molecule has 1 spiro atoms. The second-order valence-corrected chi connectivity index (χ2v) is 10.7. The van der Waals surface area contributed by atoms with Gasteiger partial charge < -0.3 is 9.80 Å². The first-order chi connectivity index (χ1) is 19.5. The molecule has 10 heteroatoms.